The van der Waals surface area contributed by atoms with Crippen molar-refractivity contribution in [2.45, 2.75) is 39.2 Å². The number of hydrogen-bond donors (Lipinski definition) is 1. The number of halogens is 1. The maximum atomic E-state index is 6.23. The van der Waals surface area contributed by atoms with E-state index in [1.165, 1.54) is 6.42 Å². The van der Waals surface area contributed by atoms with Crippen molar-refractivity contribution in [1.82, 2.24) is 5.32 Å². The average molecular weight is 268 g/mol. The van der Waals surface area contributed by atoms with Crippen molar-refractivity contribution in [3.05, 3.63) is 28.8 Å². The van der Waals surface area contributed by atoms with E-state index in [4.69, 9.17) is 16.3 Å². The van der Waals surface area contributed by atoms with Crippen molar-refractivity contribution < 1.29 is 4.74 Å². The molecule has 1 aromatic carbocycles. The molecular weight excluding hydrogens is 246 g/mol. The zero-order valence-electron chi connectivity index (χ0n) is 11.2. The van der Waals surface area contributed by atoms with E-state index in [-0.39, 0.29) is 0 Å². The molecule has 1 aliphatic heterocycles. The fourth-order valence-corrected chi connectivity index (χ4v) is 2.80. The van der Waals surface area contributed by atoms with Crippen LogP contribution in [0.3, 0.4) is 0 Å². The Bertz CT molecular complexity index is 388. The van der Waals surface area contributed by atoms with Gasteiger partial charge in [0.1, 0.15) is 11.9 Å². The molecule has 1 fully saturated rings. The van der Waals surface area contributed by atoms with Gasteiger partial charge in [0.15, 0.2) is 0 Å². The Hall–Kier alpha value is -0.730. The summed E-state index contributed by atoms with van der Waals surface area (Å²) in [6, 6.07) is 5.86. The van der Waals surface area contributed by atoms with Crippen LogP contribution in [0, 0.1) is 12.8 Å². The van der Waals surface area contributed by atoms with Crippen LogP contribution in [0.4, 0.5) is 0 Å². The normalized spacial score (nSPS) is 20.9. The Kier molecular flexibility index (Phi) is 4.90. The van der Waals surface area contributed by atoms with Gasteiger partial charge in [-0.05, 0) is 50.1 Å². The summed E-state index contributed by atoms with van der Waals surface area (Å²) in [4.78, 5) is 0. The molecule has 2 atom stereocenters. The Morgan fingerprint density at radius 2 is 2.33 bits per heavy atom. The average Bonchev–Trinajstić information content (AvgIpc) is 2.85. The first kappa shape index (κ1) is 13.7. The van der Waals surface area contributed by atoms with E-state index < -0.39 is 0 Å². The van der Waals surface area contributed by atoms with Crippen LogP contribution in [0.5, 0.6) is 5.75 Å². The van der Waals surface area contributed by atoms with Gasteiger partial charge in [-0.15, -0.1) is 0 Å². The van der Waals surface area contributed by atoms with Gasteiger partial charge in [0.25, 0.3) is 0 Å². The molecule has 3 heteroatoms. The van der Waals surface area contributed by atoms with Crippen molar-refractivity contribution in [3.8, 4) is 5.75 Å². The van der Waals surface area contributed by atoms with E-state index in [9.17, 15) is 0 Å². The highest BCUT2D eigenvalue weighted by atomic mass is 35.5. The van der Waals surface area contributed by atoms with Gasteiger partial charge < -0.3 is 10.1 Å². The number of rotatable bonds is 5. The molecule has 2 unspecified atom stereocenters. The first-order chi connectivity index (χ1) is 8.70. The molecule has 0 spiro atoms. The minimum atomic E-state index is 0.324. The standard InChI is InChI=1S/C15H22ClNO/c1-3-4-15(12-7-8-17-10-12)18-14-6-5-13(16)9-11(14)2/h5-6,9,12,15,17H,3-4,7-8,10H2,1-2H3. The lowest BCUT2D eigenvalue weighted by atomic mass is 9.97. The minimum Gasteiger partial charge on any atom is -0.490 e. The Morgan fingerprint density at radius 1 is 1.50 bits per heavy atom. The second-order valence-electron chi connectivity index (χ2n) is 5.11. The van der Waals surface area contributed by atoms with Crippen LogP contribution in [0.2, 0.25) is 5.02 Å². The fourth-order valence-electron chi connectivity index (χ4n) is 2.58. The molecule has 1 N–H and O–H groups in total. The van der Waals surface area contributed by atoms with Crippen LogP contribution < -0.4 is 10.1 Å². The highest BCUT2D eigenvalue weighted by Crippen LogP contribution is 2.27. The third kappa shape index (κ3) is 3.39. The van der Waals surface area contributed by atoms with Gasteiger partial charge in [-0.2, -0.15) is 0 Å². The molecule has 0 aliphatic carbocycles. The molecule has 1 heterocycles. The molecule has 2 rings (SSSR count). The van der Waals surface area contributed by atoms with E-state index in [0.717, 1.165) is 42.3 Å². The summed E-state index contributed by atoms with van der Waals surface area (Å²) < 4.78 is 6.23. The molecule has 1 aromatic rings. The van der Waals surface area contributed by atoms with E-state index in [2.05, 4.69) is 19.2 Å². The predicted octanol–water partition coefficient (Wildman–Crippen LogP) is 3.81. The van der Waals surface area contributed by atoms with Gasteiger partial charge in [-0.1, -0.05) is 24.9 Å². The van der Waals surface area contributed by atoms with Crippen molar-refractivity contribution in [2.24, 2.45) is 5.92 Å². The number of ether oxygens (including phenoxy) is 1. The molecule has 2 nitrogen and oxygen atoms in total. The third-order valence-corrected chi connectivity index (χ3v) is 3.85. The van der Waals surface area contributed by atoms with Crippen LogP contribution >= 0.6 is 11.6 Å². The largest absolute Gasteiger partial charge is 0.490 e. The minimum absolute atomic E-state index is 0.324. The summed E-state index contributed by atoms with van der Waals surface area (Å²) in [6.07, 6.45) is 3.82. The lowest BCUT2D eigenvalue weighted by Crippen LogP contribution is -2.28. The molecular formula is C15H22ClNO. The number of aryl methyl sites for hydroxylation is 1. The SMILES string of the molecule is CCCC(Oc1ccc(Cl)cc1C)C1CCNC1. The molecule has 0 radical (unpaired) electrons. The van der Waals surface area contributed by atoms with Gasteiger partial charge in [0.05, 0.1) is 0 Å². The number of nitrogens with one attached hydrogen (secondary N) is 1. The lowest BCUT2D eigenvalue weighted by molar-refractivity contribution is 0.131. The van der Waals surface area contributed by atoms with Crippen molar-refractivity contribution in [3.63, 3.8) is 0 Å². The molecule has 1 aliphatic rings. The quantitative estimate of drug-likeness (QED) is 0.876. The Morgan fingerprint density at radius 3 is 2.94 bits per heavy atom. The fraction of sp³-hybridized carbons (Fsp3) is 0.600. The van der Waals surface area contributed by atoms with Crippen molar-refractivity contribution in [1.29, 1.82) is 0 Å². The van der Waals surface area contributed by atoms with Gasteiger partial charge >= 0.3 is 0 Å². The Balaban J connectivity index is 2.07. The van der Waals surface area contributed by atoms with Crippen LogP contribution in [0.1, 0.15) is 31.7 Å². The maximum Gasteiger partial charge on any atom is 0.122 e. The maximum absolute atomic E-state index is 6.23. The summed E-state index contributed by atoms with van der Waals surface area (Å²) in [5, 5.41) is 4.19. The molecule has 0 saturated carbocycles. The summed E-state index contributed by atoms with van der Waals surface area (Å²) in [5.41, 5.74) is 1.12. The smallest absolute Gasteiger partial charge is 0.122 e. The van der Waals surface area contributed by atoms with Gasteiger partial charge in [0, 0.05) is 17.5 Å². The van der Waals surface area contributed by atoms with Crippen LogP contribution in [-0.4, -0.2) is 19.2 Å². The molecule has 0 bridgehead atoms. The first-order valence-corrected chi connectivity index (χ1v) is 7.22. The van der Waals surface area contributed by atoms with Crippen LogP contribution in [-0.2, 0) is 0 Å². The van der Waals surface area contributed by atoms with Crippen molar-refractivity contribution in [2.75, 3.05) is 13.1 Å². The van der Waals surface area contributed by atoms with E-state index in [1.54, 1.807) is 0 Å². The predicted molar refractivity (Wildman–Crippen MR) is 76.5 cm³/mol. The number of hydrogen-bond acceptors (Lipinski definition) is 2. The number of benzene rings is 1. The van der Waals surface area contributed by atoms with E-state index >= 15 is 0 Å². The zero-order valence-corrected chi connectivity index (χ0v) is 12.0. The second-order valence-corrected chi connectivity index (χ2v) is 5.54. The summed E-state index contributed by atoms with van der Waals surface area (Å²) >= 11 is 5.98. The van der Waals surface area contributed by atoms with E-state index in [0.29, 0.717) is 12.0 Å². The summed E-state index contributed by atoms with van der Waals surface area (Å²) in [5.74, 6) is 1.62. The molecule has 100 valence electrons. The molecule has 0 aromatic heterocycles. The highest BCUT2D eigenvalue weighted by molar-refractivity contribution is 6.30. The van der Waals surface area contributed by atoms with Gasteiger partial charge in [-0.25, -0.2) is 0 Å². The second kappa shape index (κ2) is 6.44. The summed E-state index contributed by atoms with van der Waals surface area (Å²) in [6.45, 7) is 6.47. The van der Waals surface area contributed by atoms with Gasteiger partial charge in [-0.3, -0.25) is 0 Å². The van der Waals surface area contributed by atoms with Crippen LogP contribution in [0.15, 0.2) is 18.2 Å². The summed E-state index contributed by atoms with van der Waals surface area (Å²) in [7, 11) is 0. The monoisotopic (exact) mass is 267 g/mol. The van der Waals surface area contributed by atoms with Crippen LogP contribution in [0.25, 0.3) is 0 Å². The topological polar surface area (TPSA) is 21.3 Å². The Labute approximate surface area is 115 Å². The van der Waals surface area contributed by atoms with E-state index in [1.807, 2.05) is 18.2 Å². The zero-order chi connectivity index (χ0) is 13.0. The molecule has 18 heavy (non-hydrogen) atoms. The highest BCUT2D eigenvalue weighted by Gasteiger charge is 2.26. The van der Waals surface area contributed by atoms with Crippen molar-refractivity contribution >= 4 is 11.6 Å². The first-order valence-electron chi connectivity index (χ1n) is 6.84. The third-order valence-electron chi connectivity index (χ3n) is 3.61. The van der Waals surface area contributed by atoms with Gasteiger partial charge in [0.2, 0.25) is 0 Å². The molecule has 1 saturated heterocycles. The lowest BCUT2D eigenvalue weighted by Gasteiger charge is -2.25. The molecule has 0 amide bonds.